The van der Waals surface area contributed by atoms with Crippen LogP contribution in [0.3, 0.4) is 0 Å². The van der Waals surface area contributed by atoms with E-state index in [4.69, 9.17) is 14.3 Å². The van der Waals surface area contributed by atoms with Crippen molar-refractivity contribution < 1.29 is 19.1 Å². The lowest BCUT2D eigenvalue weighted by atomic mass is 10.2. The molecule has 2 aromatic rings. The minimum atomic E-state index is -0.314. The van der Waals surface area contributed by atoms with Crippen LogP contribution in [0.2, 0.25) is 0 Å². The van der Waals surface area contributed by atoms with Crippen molar-refractivity contribution in [1.82, 2.24) is 0 Å². The van der Waals surface area contributed by atoms with Crippen molar-refractivity contribution in [2.45, 2.75) is 13.2 Å². The van der Waals surface area contributed by atoms with Gasteiger partial charge in [-0.2, -0.15) is 0 Å². The zero-order chi connectivity index (χ0) is 14.7. The summed E-state index contributed by atoms with van der Waals surface area (Å²) in [5, 5.41) is 12.2. The van der Waals surface area contributed by atoms with Crippen molar-refractivity contribution in [3.05, 3.63) is 47.9 Å². The number of nitrogens with one attached hydrogen (secondary N) is 1. The maximum absolute atomic E-state index is 11.5. The Morgan fingerprint density at radius 3 is 2.81 bits per heavy atom. The first-order chi connectivity index (χ1) is 10.3. The highest BCUT2D eigenvalue weighted by atomic mass is 16.6. The fraction of sp³-hybridized carbons (Fsp3) is 0.267. The minimum absolute atomic E-state index is 0.105. The molecular weight excluding hydrogens is 272 g/mol. The molecule has 6 nitrogen and oxygen atoms in total. The zero-order valence-electron chi connectivity index (χ0n) is 11.4. The Kier molecular flexibility index (Phi) is 3.79. The Bertz CT molecular complexity index is 638. The number of carbonyl (C=O) groups excluding carboxylic acids is 1. The Balaban J connectivity index is 1.67. The van der Waals surface area contributed by atoms with Crippen molar-refractivity contribution in [2.24, 2.45) is 0 Å². The fourth-order valence-electron chi connectivity index (χ4n) is 2.20. The van der Waals surface area contributed by atoms with Gasteiger partial charge in [-0.15, -0.1) is 0 Å². The van der Waals surface area contributed by atoms with E-state index in [0.717, 1.165) is 17.1 Å². The molecule has 0 spiro atoms. The monoisotopic (exact) mass is 288 g/mol. The van der Waals surface area contributed by atoms with Gasteiger partial charge in [-0.25, -0.2) is 4.79 Å². The Labute approximate surface area is 121 Å². The number of aliphatic hydroxyl groups is 1. The molecular formula is C15H16N2O4. The van der Waals surface area contributed by atoms with E-state index in [0.29, 0.717) is 25.5 Å². The smallest absolute Gasteiger partial charge is 0.414 e. The van der Waals surface area contributed by atoms with Crippen molar-refractivity contribution in [3.63, 3.8) is 0 Å². The summed E-state index contributed by atoms with van der Waals surface area (Å²) in [5.41, 5.74) is 1.69. The van der Waals surface area contributed by atoms with Crippen LogP contribution in [0, 0.1) is 0 Å². The molecule has 1 saturated heterocycles. The van der Waals surface area contributed by atoms with Gasteiger partial charge in [0.15, 0.2) is 0 Å². The molecule has 2 N–H and O–H groups in total. The van der Waals surface area contributed by atoms with E-state index in [1.54, 1.807) is 11.0 Å². The molecule has 1 aromatic carbocycles. The molecule has 0 aliphatic carbocycles. The number of carbonyl (C=O) groups is 1. The van der Waals surface area contributed by atoms with Gasteiger partial charge in [-0.1, -0.05) is 6.07 Å². The molecule has 6 heteroatoms. The summed E-state index contributed by atoms with van der Waals surface area (Å²) >= 11 is 0. The number of rotatable bonds is 5. The molecule has 0 atom stereocenters. The highest BCUT2D eigenvalue weighted by Crippen LogP contribution is 2.23. The second-order valence-corrected chi connectivity index (χ2v) is 4.70. The van der Waals surface area contributed by atoms with Crippen LogP contribution in [-0.2, 0) is 17.9 Å². The first-order valence-corrected chi connectivity index (χ1v) is 6.73. The standard InChI is InChI=1S/C15H16N2O4/c18-10-14-5-4-13(21-14)9-16-11-2-1-3-12(8-11)17-6-7-20-15(17)19/h1-5,8,16,18H,6-7,9-10H2. The normalized spacial score (nSPS) is 14.3. The Hall–Kier alpha value is -2.47. The number of ether oxygens (including phenoxy) is 1. The molecule has 0 unspecified atom stereocenters. The zero-order valence-corrected chi connectivity index (χ0v) is 11.4. The Morgan fingerprint density at radius 1 is 1.24 bits per heavy atom. The number of nitrogens with zero attached hydrogens (tertiary/aromatic N) is 1. The van der Waals surface area contributed by atoms with Crippen LogP contribution in [0.15, 0.2) is 40.8 Å². The molecule has 3 rings (SSSR count). The van der Waals surface area contributed by atoms with Crippen LogP contribution < -0.4 is 10.2 Å². The minimum Gasteiger partial charge on any atom is -0.462 e. The number of cyclic esters (lactones) is 1. The van der Waals surface area contributed by atoms with E-state index in [1.807, 2.05) is 30.3 Å². The van der Waals surface area contributed by atoms with E-state index in [-0.39, 0.29) is 12.7 Å². The molecule has 1 aliphatic heterocycles. The van der Waals surface area contributed by atoms with Gasteiger partial charge in [0.25, 0.3) is 0 Å². The van der Waals surface area contributed by atoms with Crippen LogP contribution in [0.25, 0.3) is 0 Å². The van der Waals surface area contributed by atoms with E-state index >= 15 is 0 Å². The van der Waals surface area contributed by atoms with Gasteiger partial charge >= 0.3 is 6.09 Å². The summed E-state index contributed by atoms with van der Waals surface area (Å²) in [4.78, 5) is 13.1. The van der Waals surface area contributed by atoms with E-state index in [1.165, 1.54) is 0 Å². The molecule has 0 saturated carbocycles. The molecule has 1 aliphatic rings. The molecule has 1 amide bonds. The average Bonchev–Trinajstić information content (AvgIpc) is 3.14. The van der Waals surface area contributed by atoms with Gasteiger partial charge in [0, 0.05) is 11.4 Å². The Morgan fingerprint density at radius 2 is 2.10 bits per heavy atom. The number of hydrogen-bond donors (Lipinski definition) is 2. The quantitative estimate of drug-likeness (QED) is 0.883. The summed E-state index contributed by atoms with van der Waals surface area (Å²) in [6, 6.07) is 11.1. The van der Waals surface area contributed by atoms with Crippen molar-refractivity contribution >= 4 is 17.5 Å². The van der Waals surface area contributed by atoms with Gasteiger partial charge in [-0.3, -0.25) is 4.90 Å². The van der Waals surface area contributed by atoms with Gasteiger partial charge in [0.05, 0.1) is 13.1 Å². The van der Waals surface area contributed by atoms with Crippen LogP contribution in [0.4, 0.5) is 16.2 Å². The van der Waals surface area contributed by atoms with Gasteiger partial charge in [0.2, 0.25) is 0 Å². The SMILES string of the molecule is O=C1OCCN1c1cccc(NCc2ccc(CO)o2)c1. The van der Waals surface area contributed by atoms with Crippen LogP contribution in [0.5, 0.6) is 0 Å². The van der Waals surface area contributed by atoms with E-state index in [9.17, 15) is 4.79 Å². The number of aliphatic hydroxyl groups excluding tert-OH is 1. The highest BCUT2D eigenvalue weighted by molar-refractivity contribution is 5.89. The number of amides is 1. The third-order valence-electron chi connectivity index (χ3n) is 3.26. The number of furan rings is 1. The second-order valence-electron chi connectivity index (χ2n) is 4.70. The summed E-state index contributed by atoms with van der Waals surface area (Å²) < 4.78 is 10.3. The molecule has 1 aromatic heterocycles. The lowest BCUT2D eigenvalue weighted by Crippen LogP contribution is -2.23. The maximum atomic E-state index is 11.5. The molecule has 21 heavy (non-hydrogen) atoms. The van der Waals surface area contributed by atoms with E-state index < -0.39 is 0 Å². The van der Waals surface area contributed by atoms with E-state index in [2.05, 4.69) is 5.32 Å². The first kappa shape index (κ1) is 13.5. The highest BCUT2D eigenvalue weighted by Gasteiger charge is 2.23. The lowest BCUT2D eigenvalue weighted by molar-refractivity contribution is 0.181. The molecule has 2 heterocycles. The molecule has 0 bridgehead atoms. The molecule has 110 valence electrons. The number of benzene rings is 1. The number of hydrogen-bond acceptors (Lipinski definition) is 5. The van der Waals surface area contributed by atoms with Crippen molar-refractivity contribution in [1.29, 1.82) is 0 Å². The summed E-state index contributed by atoms with van der Waals surface area (Å²) in [6.45, 7) is 1.40. The van der Waals surface area contributed by atoms with Crippen molar-refractivity contribution in [3.8, 4) is 0 Å². The van der Waals surface area contributed by atoms with Crippen LogP contribution in [-0.4, -0.2) is 24.4 Å². The van der Waals surface area contributed by atoms with Crippen LogP contribution >= 0.6 is 0 Å². The third-order valence-corrected chi connectivity index (χ3v) is 3.26. The largest absolute Gasteiger partial charge is 0.462 e. The van der Waals surface area contributed by atoms with Gasteiger partial charge in [0.1, 0.15) is 24.7 Å². The van der Waals surface area contributed by atoms with Crippen molar-refractivity contribution in [2.75, 3.05) is 23.4 Å². The second kappa shape index (κ2) is 5.88. The maximum Gasteiger partial charge on any atom is 0.414 e. The summed E-state index contributed by atoms with van der Waals surface area (Å²) in [5.74, 6) is 1.28. The van der Waals surface area contributed by atoms with Gasteiger partial charge < -0.3 is 19.6 Å². The lowest BCUT2D eigenvalue weighted by Gasteiger charge is -2.14. The summed E-state index contributed by atoms with van der Waals surface area (Å²) in [7, 11) is 0. The fourth-order valence-corrected chi connectivity index (χ4v) is 2.20. The average molecular weight is 288 g/mol. The topological polar surface area (TPSA) is 74.9 Å². The third kappa shape index (κ3) is 3.00. The molecule has 0 radical (unpaired) electrons. The van der Waals surface area contributed by atoms with Crippen LogP contribution in [0.1, 0.15) is 11.5 Å². The predicted molar refractivity (Wildman–Crippen MR) is 77.1 cm³/mol. The predicted octanol–water partition coefficient (Wildman–Crippen LogP) is 2.34. The molecule has 1 fully saturated rings. The number of anilines is 2. The van der Waals surface area contributed by atoms with Gasteiger partial charge in [-0.05, 0) is 30.3 Å². The summed E-state index contributed by atoms with van der Waals surface area (Å²) in [6.07, 6.45) is -0.314. The first-order valence-electron chi connectivity index (χ1n) is 6.73.